The van der Waals surface area contributed by atoms with Crippen LogP contribution in [-0.4, -0.2) is 26.9 Å². The molecule has 0 aromatic heterocycles. The SMILES string of the molecule is CNC(COC1CC(C)CC(C)C1)c1cccc(OC)c1. The number of rotatable bonds is 6. The van der Waals surface area contributed by atoms with E-state index < -0.39 is 0 Å². The van der Waals surface area contributed by atoms with Gasteiger partial charge < -0.3 is 14.8 Å². The van der Waals surface area contributed by atoms with Gasteiger partial charge in [0.2, 0.25) is 0 Å². The van der Waals surface area contributed by atoms with Gasteiger partial charge in [-0.15, -0.1) is 0 Å². The predicted octanol–water partition coefficient (Wildman–Crippen LogP) is 3.80. The highest BCUT2D eigenvalue weighted by Crippen LogP contribution is 2.31. The Hall–Kier alpha value is -1.06. The molecule has 1 aromatic carbocycles. The molecule has 0 saturated heterocycles. The van der Waals surface area contributed by atoms with Gasteiger partial charge in [-0.05, 0) is 55.8 Å². The molecule has 0 heterocycles. The van der Waals surface area contributed by atoms with Gasteiger partial charge in [0.1, 0.15) is 5.75 Å². The van der Waals surface area contributed by atoms with Crippen molar-refractivity contribution in [2.75, 3.05) is 20.8 Å². The first-order valence-corrected chi connectivity index (χ1v) is 8.05. The topological polar surface area (TPSA) is 30.5 Å². The van der Waals surface area contributed by atoms with Crippen molar-refractivity contribution in [3.8, 4) is 5.75 Å². The van der Waals surface area contributed by atoms with Crippen LogP contribution in [0.2, 0.25) is 0 Å². The standard InChI is InChI=1S/C18H29NO2/c1-13-8-14(2)10-17(9-13)21-12-18(19-3)15-6-5-7-16(11-15)20-4/h5-7,11,13-14,17-19H,8-10,12H2,1-4H3. The average Bonchev–Trinajstić information content (AvgIpc) is 2.47. The fourth-order valence-electron chi connectivity index (χ4n) is 3.45. The molecule has 0 aliphatic heterocycles. The summed E-state index contributed by atoms with van der Waals surface area (Å²) in [4.78, 5) is 0. The fraction of sp³-hybridized carbons (Fsp3) is 0.667. The summed E-state index contributed by atoms with van der Waals surface area (Å²) in [5.74, 6) is 2.46. The molecular weight excluding hydrogens is 262 g/mol. The third kappa shape index (κ3) is 4.72. The first kappa shape index (κ1) is 16.3. The zero-order valence-corrected chi connectivity index (χ0v) is 13.8. The maximum atomic E-state index is 6.20. The van der Waals surface area contributed by atoms with Crippen LogP contribution in [0.25, 0.3) is 0 Å². The van der Waals surface area contributed by atoms with Crippen LogP contribution in [0, 0.1) is 11.8 Å². The van der Waals surface area contributed by atoms with E-state index in [1.807, 2.05) is 19.2 Å². The normalized spacial score (nSPS) is 27.3. The zero-order valence-electron chi connectivity index (χ0n) is 13.8. The first-order chi connectivity index (χ1) is 10.1. The second-order valence-corrected chi connectivity index (χ2v) is 6.49. The summed E-state index contributed by atoms with van der Waals surface area (Å²) < 4.78 is 11.5. The van der Waals surface area contributed by atoms with Crippen molar-refractivity contribution in [1.82, 2.24) is 5.32 Å². The first-order valence-electron chi connectivity index (χ1n) is 8.05. The molecule has 1 N–H and O–H groups in total. The minimum Gasteiger partial charge on any atom is -0.497 e. The van der Waals surface area contributed by atoms with Crippen LogP contribution in [0.5, 0.6) is 5.75 Å². The second-order valence-electron chi connectivity index (χ2n) is 6.49. The molecule has 2 rings (SSSR count). The Morgan fingerprint density at radius 2 is 1.90 bits per heavy atom. The molecule has 3 atom stereocenters. The van der Waals surface area contributed by atoms with Crippen LogP contribution in [0.15, 0.2) is 24.3 Å². The lowest BCUT2D eigenvalue weighted by Gasteiger charge is -2.32. The van der Waals surface area contributed by atoms with Gasteiger partial charge in [-0.1, -0.05) is 26.0 Å². The molecule has 3 nitrogen and oxygen atoms in total. The summed E-state index contributed by atoms with van der Waals surface area (Å²) in [5.41, 5.74) is 1.22. The molecule has 1 fully saturated rings. The summed E-state index contributed by atoms with van der Waals surface area (Å²) in [6.07, 6.45) is 4.13. The molecule has 21 heavy (non-hydrogen) atoms. The monoisotopic (exact) mass is 291 g/mol. The summed E-state index contributed by atoms with van der Waals surface area (Å²) in [7, 11) is 3.69. The number of likely N-dealkylation sites (N-methyl/N-ethyl adjacent to an activating group) is 1. The van der Waals surface area contributed by atoms with Gasteiger partial charge in [0, 0.05) is 0 Å². The van der Waals surface area contributed by atoms with E-state index in [4.69, 9.17) is 9.47 Å². The largest absolute Gasteiger partial charge is 0.497 e. The lowest BCUT2D eigenvalue weighted by Crippen LogP contribution is -2.30. The van der Waals surface area contributed by atoms with E-state index in [1.54, 1.807) is 7.11 Å². The van der Waals surface area contributed by atoms with Crippen molar-refractivity contribution in [1.29, 1.82) is 0 Å². The highest BCUT2D eigenvalue weighted by atomic mass is 16.5. The molecule has 1 aliphatic rings. The van der Waals surface area contributed by atoms with Crippen LogP contribution in [0.3, 0.4) is 0 Å². The summed E-state index contributed by atoms with van der Waals surface area (Å²) in [5, 5.41) is 3.35. The third-order valence-electron chi connectivity index (χ3n) is 4.48. The van der Waals surface area contributed by atoms with E-state index in [0.717, 1.165) is 17.6 Å². The van der Waals surface area contributed by atoms with Gasteiger partial charge in [0.05, 0.1) is 25.9 Å². The maximum absolute atomic E-state index is 6.20. The highest BCUT2D eigenvalue weighted by Gasteiger charge is 2.25. The molecule has 0 amide bonds. The number of methoxy groups -OCH3 is 1. The van der Waals surface area contributed by atoms with Crippen molar-refractivity contribution in [3.63, 3.8) is 0 Å². The smallest absolute Gasteiger partial charge is 0.119 e. The van der Waals surface area contributed by atoms with Gasteiger partial charge in [0.15, 0.2) is 0 Å². The molecule has 1 aromatic rings. The van der Waals surface area contributed by atoms with Gasteiger partial charge in [-0.25, -0.2) is 0 Å². The Labute approximate surface area is 129 Å². The van der Waals surface area contributed by atoms with E-state index in [1.165, 1.54) is 24.8 Å². The van der Waals surface area contributed by atoms with Crippen molar-refractivity contribution < 1.29 is 9.47 Å². The van der Waals surface area contributed by atoms with E-state index in [-0.39, 0.29) is 6.04 Å². The van der Waals surface area contributed by atoms with Gasteiger partial charge in [0.25, 0.3) is 0 Å². The van der Waals surface area contributed by atoms with Gasteiger partial charge >= 0.3 is 0 Å². The Kier molecular flexibility index (Phi) is 6.07. The Morgan fingerprint density at radius 3 is 2.52 bits per heavy atom. The van der Waals surface area contributed by atoms with Crippen molar-refractivity contribution >= 4 is 0 Å². The molecule has 0 bridgehead atoms. The van der Waals surface area contributed by atoms with E-state index in [0.29, 0.717) is 12.7 Å². The summed E-state index contributed by atoms with van der Waals surface area (Å²) in [6.45, 7) is 5.39. The molecule has 0 spiro atoms. The maximum Gasteiger partial charge on any atom is 0.119 e. The summed E-state index contributed by atoms with van der Waals surface area (Å²) in [6, 6.07) is 8.42. The Bertz CT molecular complexity index is 425. The Morgan fingerprint density at radius 1 is 1.19 bits per heavy atom. The Balaban J connectivity index is 1.92. The van der Waals surface area contributed by atoms with Crippen LogP contribution < -0.4 is 10.1 Å². The zero-order chi connectivity index (χ0) is 15.2. The van der Waals surface area contributed by atoms with E-state index >= 15 is 0 Å². The second kappa shape index (κ2) is 7.81. The minimum absolute atomic E-state index is 0.215. The number of hydrogen-bond donors (Lipinski definition) is 1. The van der Waals surface area contributed by atoms with Gasteiger partial charge in [-0.3, -0.25) is 0 Å². The molecule has 1 aliphatic carbocycles. The average molecular weight is 291 g/mol. The third-order valence-corrected chi connectivity index (χ3v) is 4.48. The van der Waals surface area contributed by atoms with Crippen molar-refractivity contribution in [2.24, 2.45) is 11.8 Å². The van der Waals surface area contributed by atoms with Crippen LogP contribution in [-0.2, 0) is 4.74 Å². The number of ether oxygens (including phenoxy) is 2. The quantitative estimate of drug-likeness (QED) is 0.865. The molecule has 3 heteroatoms. The summed E-state index contributed by atoms with van der Waals surface area (Å²) >= 11 is 0. The van der Waals surface area contributed by atoms with Crippen molar-refractivity contribution in [3.05, 3.63) is 29.8 Å². The predicted molar refractivity (Wildman–Crippen MR) is 86.7 cm³/mol. The van der Waals surface area contributed by atoms with Crippen LogP contribution >= 0.6 is 0 Å². The van der Waals surface area contributed by atoms with Gasteiger partial charge in [-0.2, -0.15) is 0 Å². The minimum atomic E-state index is 0.215. The molecule has 1 saturated carbocycles. The number of benzene rings is 1. The fourth-order valence-corrected chi connectivity index (χ4v) is 3.45. The molecule has 3 unspecified atom stereocenters. The van der Waals surface area contributed by atoms with Crippen LogP contribution in [0.1, 0.15) is 44.7 Å². The molecule has 118 valence electrons. The molecule has 0 radical (unpaired) electrons. The highest BCUT2D eigenvalue weighted by molar-refractivity contribution is 5.30. The van der Waals surface area contributed by atoms with E-state index in [2.05, 4.69) is 31.3 Å². The molecular formula is C18H29NO2. The number of nitrogens with one attached hydrogen (secondary N) is 1. The lowest BCUT2D eigenvalue weighted by molar-refractivity contribution is -0.00848. The van der Waals surface area contributed by atoms with Crippen molar-refractivity contribution in [2.45, 2.75) is 45.3 Å². The van der Waals surface area contributed by atoms with Crippen LogP contribution in [0.4, 0.5) is 0 Å². The lowest BCUT2D eigenvalue weighted by atomic mass is 9.82. The van der Waals surface area contributed by atoms with E-state index in [9.17, 15) is 0 Å². The number of hydrogen-bond acceptors (Lipinski definition) is 3.